The number of hydrogen-bond donors (Lipinski definition) is 2. The van der Waals surface area contributed by atoms with Crippen LogP contribution in [-0.2, 0) is 4.79 Å². The number of amides is 1. The van der Waals surface area contributed by atoms with E-state index in [1.165, 1.54) is 18.4 Å². The Morgan fingerprint density at radius 1 is 1.45 bits per heavy atom. The molecule has 2 unspecified atom stereocenters. The van der Waals surface area contributed by atoms with E-state index < -0.39 is 0 Å². The zero-order chi connectivity index (χ0) is 14.8. The summed E-state index contributed by atoms with van der Waals surface area (Å²) in [5.74, 6) is 0.865. The van der Waals surface area contributed by atoms with Crippen molar-refractivity contribution in [1.29, 1.82) is 0 Å². The number of rotatable bonds is 6. The molecule has 0 heterocycles. The molecule has 0 spiro atoms. The average Bonchev–Trinajstić information content (AvgIpc) is 3.23. The summed E-state index contributed by atoms with van der Waals surface area (Å²) in [6.07, 6.45) is 2.86. The van der Waals surface area contributed by atoms with E-state index in [0.29, 0.717) is 18.9 Å². The first-order valence-electron chi connectivity index (χ1n) is 7.21. The van der Waals surface area contributed by atoms with Gasteiger partial charge in [-0.3, -0.25) is 4.79 Å². The lowest BCUT2D eigenvalue weighted by molar-refractivity contribution is -0.123. The summed E-state index contributed by atoms with van der Waals surface area (Å²) in [7, 11) is 0. The van der Waals surface area contributed by atoms with Gasteiger partial charge in [0.1, 0.15) is 0 Å². The highest BCUT2D eigenvalue weighted by atomic mass is 79.9. The molecule has 0 bridgehead atoms. The van der Waals surface area contributed by atoms with Crippen LogP contribution in [0.5, 0.6) is 0 Å². The summed E-state index contributed by atoms with van der Waals surface area (Å²) in [6, 6.07) is 8.14. The lowest BCUT2D eigenvalue weighted by Gasteiger charge is -2.30. The van der Waals surface area contributed by atoms with Gasteiger partial charge in [0.05, 0.1) is 5.54 Å². The lowest BCUT2D eigenvalue weighted by atomic mass is 9.93. The van der Waals surface area contributed by atoms with E-state index in [1.54, 1.807) is 0 Å². The van der Waals surface area contributed by atoms with Crippen molar-refractivity contribution in [3.8, 4) is 0 Å². The highest BCUT2D eigenvalue weighted by Crippen LogP contribution is 2.39. The molecule has 1 fully saturated rings. The quantitative estimate of drug-likeness (QED) is 0.836. The van der Waals surface area contributed by atoms with Crippen molar-refractivity contribution in [2.24, 2.45) is 11.7 Å². The zero-order valence-electron chi connectivity index (χ0n) is 12.2. The number of carbonyl (C=O) groups is 1. The van der Waals surface area contributed by atoms with Crippen LogP contribution in [0.15, 0.2) is 28.7 Å². The molecule has 1 saturated carbocycles. The first kappa shape index (κ1) is 15.5. The van der Waals surface area contributed by atoms with E-state index in [1.807, 2.05) is 12.1 Å². The summed E-state index contributed by atoms with van der Waals surface area (Å²) in [4.78, 5) is 12.2. The van der Waals surface area contributed by atoms with E-state index in [4.69, 9.17) is 5.73 Å². The van der Waals surface area contributed by atoms with Crippen molar-refractivity contribution in [2.75, 3.05) is 6.54 Å². The molecule has 1 aromatic rings. The fourth-order valence-corrected chi connectivity index (χ4v) is 2.86. The SMILES string of the molecule is CC(CC(=O)NC(C)(CN)C1CC1)c1ccc(Br)cc1. The van der Waals surface area contributed by atoms with Crippen molar-refractivity contribution >= 4 is 21.8 Å². The van der Waals surface area contributed by atoms with E-state index in [0.717, 1.165) is 4.47 Å². The number of halogens is 1. The largest absolute Gasteiger partial charge is 0.349 e. The Kier molecular flexibility index (Phi) is 4.86. The number of nitrogens with one attached hydrogen (secondary N) is 1. The molecule has 3 nitrogen and oxygen atoms in total. The maximum absolute atomic E-state index is 12.2. The van der Waals surface area contributed by atoms with Crippen molar-refractivity contribution < 1.29 is 4.79 Å². The molecule has 0 saturated heterocycles. The van der Waals surface area contributed by atoms with Gasteiger partial charge in [0, 0.05) is 17.4 Å². The van der Waals surface area contributed by atoms with E-state index in [-0.39, 0.29) is 17.4 Å². The van der Waals surface area contributed by atoms with Crippen LogP contribution < -0.4 is 11.1 Å². The third-order valence-corrected chi connectivity index (χ3v) is 4.79. The standard InChI is InChI=1S/C16H23BrN2O/c1-11(12-3-7-14(17)8-4-12)9-15(20)19-16(2,10-18)13-5-6-13/h3-4,7-8,11,13H,5-6,9-10,18H2,1-2H3,(H,19,20). The molecular formula is C16H23BrN2O. The monoisotopic (exact) mass is 338 g/mol. The smallest absolute Gasteiger partial charge is 0.221 e. The van der Waals surface area contributed by atoms with Gasteiger partial charge >= 0.3 is 0 Å². The van der Waals surface area contributed by atoms with Crippen molar-refractivity contribution in [3.05, 3.63) is 34.3 Å². The number of hydrogen-bond acceptors (Lipinski definition) is 2. The van der Waals surface area contributed by atoms with Crippen LogP contribution in [0, 0.1) is 5.92 Å². The van der Waals surface area contributed by atoms with Crippen LogP contribution in [0.4, 0.5) is 0 Å². The average molecular weight is 339 g/mol. The Bertz CT molecular complexity index is 470. The molecule has 110 valence electrons. The Hall–Kier alpha value is -0.870. The molecule has 20 heavy (non-hydrogen) atoms. The van der Waals surface area contributed by atoms with Gasteiger partial charge in [0.25, 0.3) is 0 Å². The summed E-state index contributed by atoms with van der Waals surface area (Å²) < 4.78 is 1.06. The van der Waals surface area contributed by atoms with Crippen LogP contribution >= 0.6 is 15.9 Å². The summed E-state index contributed by atoms with van der Waals surface area (Å²) in [6.45, 7) is 4.66. The van der Waals surface area contributed by atoms with Gasteiger partial charge in [0.15, 0.2) is 0 Å². The van der Waals surface area contributed by atoms with Gasteiger partial charge in [0.2, 0.25) is 5.91 Å². The van der Waals surface area contributed by atoms with Crippen LogP contribution in [0.3, 0.4) is 0 Å². The molecule has 1 aliphatic rings. The summed E-state index contributed by atoms with van der Waals surface area (Å²) >= 11 is 3.42. The van der Waals surface area contributed by atoms with Gasteiger partial charge in [-0.1, -0.05) is 35.0 Å². The van der Waals surface area contributed by atoms with E-state index in [2.05, 4.69) is 47.2 Å². The van der Waals surface area contributed by atoms with Gasteiger partial charge in [-0.05, 0) is 49.3 Å². The third kappa shape index (κ3) is 3.83. The van der Waals surface area contributed by atoms with Crippen LogP contribution in [0.2, 0.25) is 0 Å². The van der Waals surface area contributed by atoms with Gasteiger partial charge < -0.3 is 11.1 Å². The van der Waals surface area contributed by atoms with Gasteiger partial charge in [-0.2, -0.15) is 0 Å². The third-order valence-electron chi connectivity index (χ3n) is 4.26. The molecule has 0 aromatic heterocycles. The molecule has 1 aromatic carbocycles. The minimum absolute atomic E-state index is 0.0975. The second kappa shape index (κ2) is 6.27. The molecule has 2 rings (SSSR count). The molecule has 0 radical (unpaired) electrons. The molecule has 0 aliphatic heterocycles. The molecule has 3 N–H and O–H groups in total. The minimum atomic E-state index is -0.226. The topological polar surface area (TPSA) is 55.1 Å². The second-order valence-corrected chi connectivity index (χ2v) is 7.02. The lowest BCUT2D eigenvalue weighted by Crippen LogP contribution is -2.53. The van der Waals surface area contributed by atoms with Crippen LogP contribution in [-0.4, -0.2) is 18.0 Å². The number of benzene rings is 1. The zero-order valence-corrected chi connectivity index (χ0v) is 13.7. The molecular weight excluding hydrogens is 316 g/mol. The van der Waals surface area contributed by atoms with Gasteiger partial charge in [-0.25, -0.2) is 0 Å². The minimum Gasteiger partial charge on any atom is -0.349 e. The maximum Gasteiger partial charge on any atom is 0.221 e. The fraction of sp³-hybridized carbons (Fsp3) is 0.562. The predicted octanol–water partition coefficient (Wildman–Crippen LogP) is 3.19. The van der Waals surface area contributed by atoms with Crippen LogP contribution in [0.1, 0.15) is 44.6 Å². The summed E-state index contributed by atoms with van der Waals surface area (Å²) in [5.41, 5.74) is 6.79. The second-order valence-electron chi connectivity index (χ2n) is 6.10. The van der Waals surface area contributed by atoms with Crippen molar-refractivity contribution in [2.45, 2.75) is 44.6 Å². The van der Waals surface area contributed by atoms with Crippen molar-refractivity contribution in [1.82, 2.24) is 5.32 Å². The van der Waals surface area contributed by atoms with E-state index >= 15 is 0 Å². The Morgan fingerprint density at radius 3 is 2.55 bits per heavy atom. The van der Waals surface area contributed by atoms with Crippen molar-refractivity contribution in [3.63, 3.8) is 0 Å². The highest BCUT2D eigenvalue weighted by Gasteiger charge is 2.41. The number of carbonyl (C=O) groups excluding carboxylic acids is 1. The first-order valence-corrected chi connectivity index (χ1v) is 8.00. The highest BCUT2D eigenvalue weighted by molar-refractivity contribution is 9.10. The Labute approximate surface area is 129 Å². The Morgan fingerprint density at radius 2 is 2.05 bits per heavy atom. The normalized spacial score (nSPS) is 19.2. The van der Waals surface area contributed by atoms with E-state index in [9.17, 15) is 4.79 Å². The van der Waals surface area contributed by atoms with Gasteiger partial charge in [-0.15, -0.1) is 0 Å². The molecule has 1 aliphatic carbocycles. The molecule has 1 amide bonds. The Balaban J connectivity index is 1.92. The maximum atomic E-state index is 12.2. The summed E-state index contributed by atoms with van der Waals surface area (Å²) in [5, 5.41) is 3.14. The predicted molar refractivity (Wildman–Crippen MR) is 85.5 cm³/mol. The van der Waals surface area contributed by atoms with Crippen LogP contribution in [0.25, 0.3) is 0 Å². The fourth-order valence-electron chi connectivity index (χ4n) is 2.60. The first-order chi connectivity index (χ1) is 9.44. The molecule has 4 heteroatoms. The molecule has 2 atom stereocenters. The number of nitrogens with two attached hydrogens (primary N) is 1.